The molecule has 1 saturated heterocycles. The fourth-order valence-electron chi connectivity index (χ4n) is 4.38. The molecule has 4 rings (SSSR count). The van der Waals surface area contributed by atoms with Gasteiger partial charge in [0.15, 0.2) is 23.2 Å². The standard InChI is InChI=1S/C29H31FN2O7/c1-18-22(14-19-8-10-21(30)11-9-19)25(38-15-20-6-4-3-5-7-20)17-37-16-23(29(35)39-18)32-28(34)26-27(33)24(36-2)12-13-31-26/h3-13,18,22-23,25,33H,14-17H2,1-2H3,(H,32,34). The maximum atomic E-state index is 13.5. The Kier molecular flexibility index (Phi) is 9.45. The fourth-order valence-corrected chi connectivity index (χ4v) is 4.38. The zero-order chi connectivity index (χ0) is 27.8. The number of rotatable bonds is 8. The first-order valence-electron chi connectivity index (χ1n) is 12.6. The van der Waals surface area contributed by atoms with E-state index in [0.29, 0.717) is 13.0 Å². The number of esters is 1. The van der Waals surface area contributed by atoms with Crippen molar-refractivity contribution < 1.29 is 38.0 Å². The molecule has 1 aliphatic heterocycles. The molecule has 2 N–H and O–H groups in total. The first-order chi connectivity index (χ1) is 18.9. The van der Waals surface area contributed by atoms with Crippen LogP contribution in [0.4, 0.5) is 4.39 Å². The molecule has 0 aliphatic carbocycles. The minimum Gasteiger partial charge on any atom is -0.503 e. The largest absolute Gasteiger partial charge is 0.503 e. The molecule has 1 aliphatic rings. The number of ether oxygens (including phenoxy) is 4. The number of amides is 1. The van der Waals surface area contributed by atoms with Gasteiger partial charge in [0.2, 0.25) is 0 Å². The number of carbonyl (C=O) groups is 2. The summed E-state index contributed by atoms with van der Waals surface area (Å²) in [6.45, 7) is 2.01. The first-order valence-corrected chi connectivity index (χ1v) is 12.6. The van der Waals surface area contributed by atoms with Gasteiger partial charge in [0.25, 0.3) is 5.91 Å². The van der Waals surface area contributed by atoms with Crippen molar-refractivity contribution in [2.45, 2.75) is 38.2 Å². The van der Waals surface area contributed by atoms with Crippen LogP contribution in [0.3, 0.4) is 0 Å². The number of pyridine rings is 1. The number of carbonyl (C=O) groups excluding carboxylic acids is 2. The molecule has 4 atom stereocenters. The highest BCUT2D eigenvalue weighted by atomic mass is 19.1. The highest BCUT2D eigenvalue weighted by Crippen LogP contribution is 2.28. The van der Waals surface area contributed by atoms with Crippen molar-refractivity contribution in [3.8, 4) is 11.5 Å². The Morgan fingerprint density at radius 1 is 1.10 bits per heavy atom. The fraction of sp³-hybridized carbons (Fsp3) is 0.345. The van der Waals surface area contributed by atoms with E-state index in [2.05, 4.69) is 10.3 Å². The Morgan fingerprint density at radius 3 is 2.56 bits per heavy atom. The van der Waals surface area contributed by atoms with E-state index in [4.69, 9.17) is 18.9 Å². The van der Waals surface area contributed by atoms with E-state index in [-0.39, 0.29) is 36.4 Å². The average Bonchev–Trinajstić information content (AvgIpc) is 2.98. The van der Waals surface area contributed by atoms with Crippen molar-refractivity contribution in [2.75, 3.05) is 20.3 Å². The molecule has 0 bridgehead atoms. The second kappa shape index (κ2) is 13.2. The van der Waals surface area contributed by atoms with Gasteiger partial charge in [0, 0.05) is 18.2 Å². The molecule has 3 aromatic rings. The highest BCUT2D eigenvalue weighted by Gasteiger charge is 2.36. The van der Waals surface area contributed by atoms with Crippen LogP contribution in [0, 0.1) is 11.7 Å². The van der Waals surface area contributed by atoms with Gasteiger partial charge in [0.1, 0.15) is 11.9 Å². The summed E-state index contributed by atoms with van der Waals surface area (Å²) in [5.74, 6) is -2.55. The topological polar surface area (TPSA) is 116 Å². The van der Waals surface area contributed by atoms with Crippen molar-refractivity contribution in [3.05, 3.63) is 89.5 Å². The van der Waals surface area contributed by atoms with Gasteiger partial charge in [-0.25, -0.2) is 14.2 Å². The lowest BCUT2D eigenvalue weighted by Gasteiger charge is -2.31. The summed E-state index contributed by atoms with van der Waals surface area (Å²) in [5, 5.41) is 12.8. The van der Waals surface area contributed by atoms with Gasteiger partial charge < -0.3 is 29.4 Å². The van der Waals surface area contributed by atoms with Crippen molar-refractivity contribution in [1.29, 1.82) is 0 Å². The van der Waals surface area contributed by atoms with E-state index >= 15 is 0 Å². The molecule has 1 aromatic heterocycles. The van der Waals surface area contributed by atoms with Crippen LogP contribution in [0.2, 0.25) is 0 Å². The van der Waals surface area contributed by atoms with Crippen LogP contribution in [-0.4, -0.2) is 60.5 Å². The summed E-state index contributed by atoms with van der Waals surface area (Å²) in [7, 11) is 1.35. The monoisotopic (exact) mass is 538 g/mol. The van der Waals surface area contributed by atoms with Gasteiger partial charge in [-0.3, -0.25) is 4.79 Å². The summed E-state index contributed by atoms with van der Waals surface area (Å²) < 4.78 is 36.5. The number of nitrogens with one attached hydrogen (secondary N) is 1. The Morgan fingerprint density at radius 2 is 1.85 bits per heavy atom. The smallest absolute Gasteiger partial charge is 0.331 e. The minimum atomic E-state index is -1.16. The number of aromatic nitrogens is 1. The van der Waals surface area contributed by atoms with E-state index in [1.807, 2.05) is 30.3 Å². The molecule has 0 radical (unpaired) electrons. The lowest BCUT2D eigenvalue weighted by Crippen LogP contribution is -2.46. The molecule has 1 fully saturated rings. The SMILES string of the molecule is COc1ccnc(C(=O)NC2COCC(OCc3ccccc3)C(Cc3ccc(F)cc3)C(C)OC2=O)c1O. The summed E-state index contributed by atoms with van der Waals surface area (Å²) in [5.41, 5.74) is 1.52. The second-order valence-electron chi connectivity index (χ2n) is 9.25. The minimum absolute atomic E-state index is 0.0686. The van der Waals surface area contributed by atoms with Crippen LogP contribution >= 0.6 is 0 Å². The summed E-state index contributed by atoms with van der Waals surface area (Å²) in [4.78, 5) is 29.9. The molecule has 2 aromatic carbocycles. The molecule has 10 heteroatoms. The zero-order valence-electron chi connectivity index (χ0n) is 21.7. The van der Waals surface area contributed by atoms with Gasteiger partial charge in [-0.1, -0.05) is 42.5 Å². The normalized spacial score (nSPS) is 21.7. The molecular formula is C29H31FN2O7. The second-order valence-corrected chi connectivity index (χ2v) is 9.25. The van der Waals surface area contributed by atoms with Crippen LogP contribution in [0.1, 0.15) is 28.5 Å². The third-order valence-electron chi connectivity index (χ3n) is 6.55. The lowest BCUT2D eigenvalue weighted by molar-refractivity contribution is -0.155. The number of halogens is 1. The summed E-state index contributed by atoms with van der Waals surface area (Å²) in [6, 6.07) is 16.0. The molecule has 9 nitrogen and oxygen atoms in total. The molecular weight excluding hydrogens is 507 g/mol. The number of hydrogen-bond acceptors (Lipinski definition) is 8. The Hall–Kier alpha value is -4.02. The van der Waals surface area contributed by atoms with E-state index in [0.717, 1.165) is 11.1 Å². The van der Waals surface area contributed by atoms with Crippen LogP contribution in [-0.2, 0) is 32.0 Å². The third kappa shape index (κ3) is 7.30. The van der Waals surface area contributed by atoms with E-state index in [1.54, 1.807) is 19.1 Å². The maximum Gasteiger partial charge on any atom is 0.331 e. The third-order valence-corrected chi connectivity index (χ3v) is 6.55. The van der Waals surface area contributed by atoms with Crippen LogP contribution < -0.4 is 10.1 Å². The predicted molar refractivity (Wildman–Crippen MR) is 139 cm³/mol. The van der Waals surface area contributed by atoms with Crippen LogP contribution in [0.5, 0.6) is 11.5 Å². The first kappa shape index (κ1) is 28.0. The summed E-state index contributed by atoms with van der Waals surface area (Å²) in [6.07, 6.45) is 0.641. The Bertz CT molecular complexity index is 1260. The number of methoxy groups -OCH3 is 1. The van der Waals surface area contributed by atoms with Gasteiger partial charge in [-0.05, 0) is 36.6 Å². The average molecular weight is 539 g/mol. The van der Waals surface area contributed by atoms with E-state index < -0.39 is 35.9 Å². The highest BCUT2D eigenvalue weighted by molar-refractivity contribution is 5.98. The molecule has 39 heavy (non-hydrogen) atoms. The van der Waals surface area contributed by atoms with E-state index in [1.165, 1.54) is 31.5 Å². The van der Waals surface area contributed by atoms with Crippen LogP contribution in [0.15, 0.2) is 66.9 Å². The molecule has 0 saturated carbocycles. The van der Waals surface area contributed by atoms with Crippen molar-refractivity contribution in [1.82, 2.24) is 10.3 Å². The summed E-state index contributed by atoms with van der Waals surface area (Å²) >= 11 is 0. The Balaban J connectivity index is 1.52. The molecule has 206 valence electrons. The Labute approximate surface area is 225 Å². The van der Waals surface area contributed by atoms with E-state index in [9.17, 15) is 19.1 Å². The van der Waals surface area contributed by atoms with Crippen molar-refractivity contribution >= 4 is 11.9 Å². The van der Waals surface area contributed by atoms with Gasteiger partial charge in [-0.2, -0.15) is 0 Å². The van der Waals surface area contributed by atoms with Crippen molar-refractivity contribution in [2.24, 2.45) is 5.92 Å². The molecule has 0 spiro atoms. The number of aromatic hydroxyl groups is 1. The zero-order valence-corrected chi connectivity index (χ0v) is 21.7. The molecule has 2 heterocycles. The number of cyclic esters (lactones) is 1. The predicted octanol–water partition coefficient (Wildman–Crippen LogP) is 3.44. The molecule has 1 amide bonds. The van der Waals surface area contributed by atoms with Crippen LogP contribution in [0.25, 0.3) is 0 Å². The number of hydrogen-bond donors (Lipinski definition) is 2. The maximum absolute atomic E-state index is 13.5. The van der Waals surface area contributed by atoms with Crippen molar-refractivity contribution in [3.63, 3.8) is 0 Å². The quantitative estimate of drug-likeness (QED) is 0.419. The molecule has 4 unspecified atom stereocenters. The lowest BCUT2D eigenvalue weighted by atomic mass is 9.89. The van der Waals surface area contributed by atoms with Gasteiger partial charge >= 0.3 is 5.97 Å². The van der Waals surface area contributed by atoms with Gasteiger partial charge in [0.05, 0.1) is 33.0 Å². The number of nitrogens with zero attached hydrogens (tertiary/aromatic N) is 1. The number of benzene rings is 2. The van der Waals surface area contributed by atoms with Gasteiger partial charge in [-0.15, -0.1) is 0 Å².